The molecule has 0 amide bonds. The average Bonchev–Trinajstić information content (AvgIpc) is 2.41. The first-order valence-electron chi connectivity index (χ1n) is 5.73. The fourth-order valence-electron chi connectivity index (χ4n) is 1.25. The Morgan fingerprint density at radius 1 is 1.41 bits per heavy atom. The van der Waals surface area contributed by atoms with Gasteiger partial charge in [-0.2, -0.15) is 18.2 Å². The van der Waals surface area contributed by atoms with Crippen molar-refractivity contribution in [2.45, 2.75) is 25.1 Å². The molecule has 7 nitrogen and oxygen atoms in total. The third-order valence-corrected chi connectivity index (χ3v) is 2.33. The summed E-state index contributed by atoms with van der Waals surface area (Å²) < 4.78 is 41.8. The molecular formula is C11H13ClF3N3O4. The number of alkyl halides is 3. The van der Waals surface area contributed by atoms with Crippen LogP contribution in [0.3, 0.4) is 0 Å². The number of rotatable bonds is 7. The summed E-state index contributed by atoms with van der Waals surface area (Å²) in [6.45, 7) is -0.602. The van der Waals surface area contributed by atoms with E-state index in [9.17, 15) is 22.8 Å². The summed E-state index contributed by atoms with van der Waals surface area (Å²) in [5.74, 6) is -3.55. The minimum Gasteiger partial charge on any atom is -0.481 e. The predicted molar refractivity (Wildman–Crippen MR) is 69.6 cm³/mol. The van der Waals surface area contributed by atoms with Crippen LogP contribution >= 0.6 is 12.4 Å². The Labute approximate surface area is 129 Å². The van der Waals surface area contributed by atoms with Gasteiger partial charge in [0.25, 0.3) is 0 Å². The van der Waals surface area contributed by atoms with E-state index in [4.69, 9.17) is 15.6 Å². The second-order valence-corrected chi connectivity index (χ2v) is 4.01. The Morgan fingerprint density at radius 3 is 2.59 bits per heavy atom. The normalized spacial score (nSPS) is 12.2. The average molecular weight is 344 g/mol. The summed E-state index contributed by atoms with van der Waals surface area (Å²) >= 11 is 0. The predicted octanol–water partition coefficient (Wildman–Crippen LogP) is 1.06. The molecule has 3 N–H and O–H groups in total. The number of halogens is 4. The van der Waals surface area contributed by atoms with Crippen LogP contribution in [0, 0.1) is 0 Å². The lowest BCUT2D eigenvalue weighted by Crippen LogP contribution is -2.35. The van der Waals surface area contributed by atoms with Crippen molar-refractivity contribution in [2.75, 3.05) is 6.61 Å². The highest BCUT2D eigenvalue weighted by Crippen LogP contribution is 2.26. The topological polar surface area (TPSA) is 115 Å². The second kappa shape index (κ2) is 8.49. The van der Waals surface area contributed by atoms with Crippen LogP contribution in [-0.4, -0.2) is 39.5 Å². The van der Waals surface area contributed by atoms with Crippen molar-refractivity contribution < 1.29 is 32.6 Å². The van der Waals surface area contributed by atoms with Crippen molar-refractivity contribution in [1.29, 1.82) is 0 Å². The van der Waals surface area contributed by atoms with Gasteiger partial charge in [-0.15, -0.1) is 12.4 Å². The van der Waals surface area contributed by atoms with Crippen LogP contribution < -0.4 is 10.5 Å². The minimum absolute atomic E-state index is 0. The quantitative estimate of drug-likeness (QED) is 0.760. The Morgan fingerprint density at radius 2 is 2.05 bits per heavy atom. The fourth-order valence-corrected chi connectivity index (χ4v) is 1.25. The van der Waals surface area contributed by atoms with Crippen molar-refractivity contribution in [3.8, 4) is 5.88 Å². The molecule has 0 bridgehead atoms. The summed E-state index contributed by atoms with van der Waals surface area (Å²) in [5.41, 5.74) is 5.42. The maximum Gasteiger partial charge on any atom is 0.451 e. The van der Waals surface area contributed by atoms with E-state index >= 15 is 0 Å². The van der Waals surface area contributed by atoms with Gasteiger partial charge in [-0.1, -0.05) is 0 Å². The first-order valence-corrected chi connectivity index (χ1v) is 5.73. The van der Waals surface area contributed by atoms with E-state index in [-0.39, 0.29) is 25.2 Å². The number of carboxylic acids is 1. The SMILES string of the molecule is Cl.NC(CCC(=O)O)C(=O)COc1ccnc(C(F)(F)F)n1. The number of nitrogens with zero attached hydrogens (tertiary/aromatic N) is 2. The molecule has 0 aromatic carbocycles. The molecule has 1 unspecified atom stereocenters. The van der Waals surface area contributed by atoms with E-state index in [0.717, 1.165) is 12.3 Å². The molecule has 0 radical (unpaired) electrons. The Balaban J connectivity index is 0.00000441. The minimum atomic E-state index is -4.72. The van der Waals surface area contributed by atoms with Gasteiger partial charge in [0.1, 0.15) is 6.61 Å². The molecule has 0 aliphatic carbocycles. The number of hydrogen-bond donors (Lipinski definition) is 2. The summed E-state index contributed by atoms with van der Waals surface area (Å²) in [6.07, 6.45) is -4.25. The number of carbonyl (C=O) groups is 2. The van der Waals surface area contributed by atoms with Gasteiger partial charge in [-0.05, 0) is 6.42 Å². The molecule has 0 spiro atoms. The van der Waals surface area contributed by atoms with Gasteiger partial charge in [-0.3, -0.25) is 9.59 Å². The summed E-state index contributed by atoms with van der Waals surface area (Å²) in [6, 6.07) is -0.00399. The Kier molecular flexibility index (Phi) is 7.74. The van der Waals surface area contributed by atoms with E-state index in [1.54, 1.807) is 0 Å². The molecule has 1 aromatic heterocycles. The molecule has 0 saturated heterocycles. The van der Waals surface area contributed by atoms with Gasteiger partial charge in [0.05, 0.1) is 6.04 Å². The summed E-state index contributed by atoms with van der Waals surface area (Å²) in [4.78, 5) is 28.0. The van der Waals surface area contributed by atoms with Crippen LogP contribution in [0.2, 0.25) is 0 Å². The Hall–Kier alpha value is -1.94. The van der Waals surface area contributed by atoms with Crippen molar-refractivity contribution in [2.24, 2.45) is 5.73 Å². The first kappa shape index (κ1) is 20.1. The molecular weight excluding hydrogens is 331 g/mol. The van der Waals surface area contributed by atoms with Gasteiger partial charge in [0.15, 0.2) is 5.78 Å². The Bertz CT molecular complexity index is 528. The lowest BCUT2D eigenvalue weighted by molar-refractivity contribution is -0.145. The number of carboxylic acid groups (broad SMARTS) is 1. The maximum atomic E-state index is 12.3. The van der Waals surface area contributed by atoms with E-state index in [1.165, 1.54) is 0 Å². The van der Waals surface area contributed by atoms with Crippen LogP contribution in [0.4, 0.5) is 13.2 Å². The highest BCUT2D eigenvalue weighted by Gasteiger charge is 2.34. The second-order valence-electron chi connectivity index (χ2n) is 4.01. The molecule has 11 heteroatoms. The molecule has 0 aliphatic heterocycles. The lowest BCUT2D eigenvalue weighted by atomic mass is 10.1. The van der Waals surface area contributed by atoms with Crippen LogP contribution in [0.1, 0.15) is 18.7 Å². The summed E-state index contributed by atoms with van der Waals surface area (Å²) in [5, 5.41) is 8.44. The monoisotopic (exact) mass is 343 g/mol. The fraction of sp³-hybridized carbons (Fsp3) is 0.455. The molecule has 1 heterocycles. The van der Waals surface area contributed by atoms with Crippen molar-refractivity contribution in [3.05, 3.63) is 18.1 Å². The number of nitrogens with two attached hydrogens (primary N) is 1. The molecule has 1 atom stereocenters. The van der Waals surface area contributed by atoms with Crippen molar-refractivity contribution in [3.63, 3.8) is 0 Å². The standard InChI is InChI=1S/C11H12F3N3O4.ClH/c12-11(13,14)10-16-4-3-8(17-10)21-5-7(18)6(15)1-2-9(19)20;/h3-4,6H,1-2,5,15H2,(H,19,20);1H. The lowest BCUT2D eigenvalue weighted by Gasteiger charge is -2.11. The van der Waals surface area contributed by atoms with Gasteiger partial charge in [0.2, 0.25) is 11.7 Å². The van der Waals surface area contributed by atoms with Gasteiger partial charge in [0, 0.05) is 18.7 Å². The van der Waals surface area contributed by atoms with Crippen LogP contribution in [0.25, 0.3) is 0 Å². The van der Waals surface area contributed by atoms with Crippen LogP contribution in [0.5, 0.6) is 5.88 Å². The number of ketones is 1. The number of ether oxygens (including phenoxy) is 1. The molecule has 22 heavy (non-hydrogen) atoms. The van der Waals surface area contributed by atoms with Gasteiger partial charge >= 0.3 is 12.1 Å². The van der Waals surface area contributed by atoms with Gasteiger partial charge in [-0.25, -0.2) is 4.98 Å². The largest absolute Gasteiger partial charge is 0.481 e. The molecule has 124 valence electrons. The third-order valence-electron chi connectivity index (χ3n) is 2.33. The summed E-state index contributed by atoms with van der Waals surface area (Å²) in [7, 11) is 0. The number of Topliss-reactive ketones (excluding diaryl/α,β-unsaturated/α-hetero) is 1. The molecule has 1 aromatic rings. The van der Waals surface area contributed by atoms with Gasteiger partial charge < -0.3 is 15.6 Å². The zero-order valence-electron chi connectivity index (χ0n) is 11.0. The van der Waals surface area contributed by atoms with Crippen LogP contribution in [0.15, 0.2) is 12.3 Å². The van der Waals surface area contributed by atoms with Crippen molar-refractivity contribution in [1.82, 2.24) is 9.97 Å². The molecule has 1 rings (SSSR count). The molecule has 0 saturated carbocycles. The zero-order chi connectivity index (χ0) is 16.0. The number of hydrogen-bond acceptors (Lipinski definition) is 6. The first-order chi connectivity index (χ1) is 9.70. The van der Waals surface area contributed by atoms with E-state index < -0.39 is 42.3 Å². The number of aliphatic carboxylic acids is 1. The van der Waals surface area contributed by atoms with E-state index in [0.29, 0.717) is 0 Å². The third kappa shape index (κ3) is 6.68. The van der Waals surface area contributed by atoms with E-state index in [2.05, 4.69) is 9.97 Å². The highest BCUT2D eigenvalue weighted by atomic mass is 35.5. The zero-order valence-corrected chi connectivity index (χ0v) is 11.9. The molecule has 0 fully saturated rings. The highest BCUT2D eigenvalue weighted by molar-refractivity contribution is 5.85. The number of carbonyl (C=O) groups excluding carboxylic acids is 1. The van der Waals surface area contributed by atoms with E-state index in [1.807, 2.05) is 0 Å². The maximum absolute atomic E-state index is 12.3. The molecule has 0 aliphatic rings. The van der Waals surface area contributed by atoms with Crippen LogP contribution in [-0.2, 0) is 15.8 Å². The number of aromatic nitrogens is 2. The van der Waals surface area contributed by atoms with Crippen molar-refractivity contribution >= 4 is 24.2 Å². The smallest absolute Gasteiger partial charge is 0.451 e.